The summed E-state index contributed by atoms with van der Waals surface area (Å²) in [7, 11) is 0. The molecule has 1 N–H and O–H groups in total. The Morgan fingerprint density at radius 2 is 0.444 bits per heavy atom. The second-order valence-corrected chi connectivity index (χ2v) is 17.1. The van der Waals surface area contributed by atoms with Gasteiger partial charge in [-0.2, -0.15) is 0 Å². The normalized spacial score (nSPS) is 11.3. The van der Waals surface area contributed by atoms with E-state index in [1.807, 2.05) is 0 Å². The van der Waals surface area contributed by atoms with Gasteiger partial charge >= 0.3 is 11.9 Å². The Bertz CT molecular complexity index is 749. The maximum Gasteiger partial charge on any atom is 0.310 e. The number of carbonyl (C=O) groups is 2. The lowest BCUT2D eigenvalue weighted by molar-refractivity contribution is -0.138. The van der Waals surface area contributed by atoms with Crippen LogP contribution in [0.25, 0.3) is 0 Å². The van der Waals surface area contributed by atoms with Crippen LogP contribution >= 0.6 is 0 Å². The van der Waals surface area contributed by atoms with Gasteiger partial charge in [0.05, 0.1) is 6.26 Å². The molecule has 0 aliphatic rings. The molecule has 0 amide bonds. The minimum Gasteiger partial charge on any atom is -0.481 e. The largest absolute Gasteiger partial charge is 0.481 e. The molecule has 4 heteroatoms. The van der Waals surface area contributed by atoms with E-state index in [9.17, 15) is 9.59 Å². The molecular formula is C50H96O4. The predicted octanol–water partition coefficient (Wildman–Crippen LogP) is 17.7. The zero-order chi connectivity index (χ0) is 39.1. The molecule has 320 valence electrons. The highest BCUT2D eigenvalue weighted by atomic mass is 16.5. The fraction of sp³-hybridized carbons (Fsp3) is 0.920. The monoisotopic (exact) mass is 761 g/mol. The minimum absolute atomic E-state index is 0.145. The maximum atomic E-state index is 11.3. The maximum absolute atomic E-state index is 11.3. The van der Waals surface area contributed by atoms with Crippen molar-refractivity contribution in [2.75, 3.05) is 0 Å². The van der Waals surface area contributed by atoms with Crippen molar-refractivity contribution in [2.45, 2.75) is 295 Å². The lowest BCUT2D eigenvalue weighted by Crippen LogP contribution is -1.98. The highest BCUT2D eigenvalue weighted by molar-refractivity contribution is 5.69. The molecule has 0 rings (SSSR count). The lowest BCUT2D eigenvalue weighted by atomic mass is 10.0. The van der Waals surface area contributed by atoms with Crippen LogP contribution < -0.4 is 0 Å². The SMILES string of the molecule is C=COC(=O)CCCCCCCCCCCCCCCCCCCCCCCCCCCCCCCCCCCCCCCCCCCCCCC(=O)O. The van der Waals surface area contributed by atoms with Crippen molar-refractivity contribution in [3.05, 3.63) is 12.8 Å². The summed E-state index contributed by atoms with van der Waals surface area (Å²) in [5.41, 5.74) is 0. The quantitative estimate of drug-likeness (QED) is 0.0381. The van der Waals surface area contributed by atoms with Crippen molar-refractivity contribution in [1.29, 1.82) is 0 Å². The Balaban J connectivity index is 3.07. The Labute approximate surface area is 338 Å². The van der Waals surface area contributed by atoms with Crippen LogP contribution in [0.3, 0.4) is 0 Å². The minimum atomic E-state index is -0.650. The Morgan fingerprint density at radius 3 is 0.593 bits per heavy atom. The van der Waals surface area contributed by atoms with Gasteiger partial charge in [-0.3, -0.25) is 9.59 Å². The highest BCUT2D eigenvalue weighted by Gasteiger charge is 2.01. The number of hydrogen-bond acceptors (Lipinski definition) is 3. The number of hydrogen-bond donors (Lipinski definition) is 1. The van der Waals surface area contributed by atoms with Gasteiger partial charge in [0.2, 0.25) is 0 Å². The smallest absolute Gasteiger partial charge is 0.310 e. The van der Waals surface area contributed by atoms with Gasteiger partial charge in [-0.1, -0.05) is 276 Å². The van der Waals surface area contributed by atoms with Crippen molar-refractivity contribution in [2.24, 2.45) is 0 Å². The van der Waals surface area contributed by atoms with E-state index in [2.05, 4.69) is 6.58 Å². The van der Waals surface area contributed by atoms with Gasteiger partial charge < -0.3 is 9.84 Å². The number of rotatable bonds is 48. The zero-order valence-corrected chi connectivity index (χ0v) is 36.5. The van der Waals surface area contributed by atoms with E-state index in [-0.39, 0.29) is 5.97 Å². The van der Waals surface area contributed by atoms with Crippen molar-refractivity contribution in [3.63, 3.8) is 0 Å². The number of aliphatic carboxylic acids is 1. The van der Waals surface area contributed by atoms with E-state index in [1.165, 1.54) is 263 Å². The third kappa shape index (κ3) is 48.7. The molecule has 0 unspecified atom stereocenters. The summed E-state index contributed by atoms with van der Waals surface area (Å²) in [5.74, 6) is -0.795. The third-order valence-electron chi connectivity index (χ3n) is 11.7. The summed E-state index contributed by atoms with van der Waals surface area (Å²) in [5, 5.41) is 8.66. The first kappa shape index (κ1) is 52.7. The van der Waals surface area contributed by atoms with Gasteiger partial charge in [0.15, 0.2) is 0 Å². The molecule has 0 aromatic rings. The van der Waals surface area contributed by atoms with E-state index < -0.39 is 5.97 Å². The Hall–Kier alpha value is -1.32. The summed E-state index contributed by atoms with van der Waals surface area (Å²) < 4.78 is 4.75. The fourth-order valence-corrected chi connectivity index (χ4v) is 8.12. The van der Waals surface area contributed by atoms with Gasteiger partial charge in [0, 0.05) is 12.8 Å². The van der Waals surface area contributed by atoms with Crippen LogP contribution in [-0.4, -0.2) is 17.0 Å². The average Bonchev–Trinajstić information content (AvgIpc) is 3.16. The van der Waals surface area contributed by atoms with Gasteiger partial charge in [-0.05, 0) is 12.8 Å². The number of carboxylic acids is 1. The molecule has 0 saturated heterocycles. The van der Waals surface area contributed by atoms with Crippen molar-refractivity contribution in [3.8, 4) is 0 Å². The van der Waals surface area contributed by atoms with Crippen LogP contribution in [-0.2, 0) is 14.3 Å². The van der Waals surface area contributed by atoms with Crippen LogP contribution in [0.4, 0.5) is 0 Å². The first-order chi connectivity index (χ1) is 26.7. The first-order valence-corrected chi connectivity index (χ1v) is 24.7. The molecule has 0 atom stereocenters. The fourth-order valence-electron chi connectivity index (χ4n) is 8.12. The van der Waals surface area contributed by atoms with Crippen LogP contribution in [0, 0.1) is 0 Å². The molecule has 54 heavy (non-hydrogen) atoms. The Kier molecular flexibility index (Phi) is 46.7. The summed E-state index contributed by atoms with van der Waals surface area (Å²) in [6, 6.07) is 0. The van der Waals surface area contributed by atoms with Gasteiger partial charge in [-0.15, -0.1) is 0 Å². The lowest BCUT2D eigenvalue weighted by Gasteiger charge is -2.05. The van der Waals surface area contributed by atoms with E-state index in [0.29, 0.717) is 12.8 Å². The van der Waals surface area contributed by atoms with Crippen LogP contribution in [0.15, 0.2) is 12.8 Å². The molecule has 0 fully saturated rings. The van der Waals surface area contributed by atoms with Gasteiger partial charge in [-0.25, -0.2) is 0 Å². The second kappa shape index (κ2) is 47.8. The topological polar surface area (TPSA) is 63.6 Å². The van der Waals surface area contributed by atoms with Crippen molar-refractivity contribution < 1.29 is 19.4 Å². The van der Waals surface area contributed by atoms with Crippen molar-refractivity contribution in [1.82, 2.24) is 0 Å². The number of esters is 1. The van der Waals surface area contributed by atoms with Gasteiger partial charge in [0.25, 0.3) is 0 Å². The van der Waals surface area contributed by atoms with Crippen molar-refractivity contribution >= 4 is 11.9 Å². The molecule has 4 nitrogen and oxygen atoms in total. The third-order valence-corrected chi connectivity index (χ3v) is 11.7. The van der Waals surface area contributed by atoms with E-state index in [1.54, 1.807) is 0 Å². The molecule has 0 aromatic heterocycles. The predicted molar refractivity (Wildman–Crippen MR) is 236 cm³/mol. The molecule has 0 radical (unpaired) electrons. The molecular weight excluding hydrogens is 665 g/mol. The van der Waals surface area contributed by atoms with Crippen LogP contribution in [0.5, 0.6) is 0 Å². The molecule has 0 spiro atoms. The molecule has 0 bridgehead atoms. The Morgan fingerprint density at radius 1 is 0.296 bits per heavy atom. The summed E-state index contributed by atoms with van der Waals surface area (Å²) in [6.45, 7) is 3.42. The number of ether oxygens (including phenoxy) is 1. The molecule has 0 aliphatic carbocycles. The molecule has 0 heterocycles. The average molecular weight is 761 g/mol. The molecule has 0 saturated carbocycles. The van der Waals surface area contributed by atoms with E-state index >= 15 is 0 Å². The second-order valence-electron chi connectivity index (χ2n) is 17.1. The van der Waals surface area contributed by atoms with Crippen LogP contribution in [0.2, 0.25) is 0 Å². The molecule has 0 aliphatic heterocycles. The number of carbonyl (C=O) groups excluding carboxylic acids is 1. The van der Waals surface area contributed by atoms with Crippen LogP contribution in [0.1, 0.15) is 295 Å². The zero-order valence-electron chi connectivity index (χ0n) is 36.5. The molecule has 0 aromatic carbocycles. The number of unbranched alkanes of at least 4 members (excludes halogenated alkanes) is 43. The highest BCUT2D eigenvalue weighted by Crippen LogP contribution is 2.18. The first-order valence-electron chi connectivity index (χ1n) is 24.7. The van der Waals surface area contributed by atoms with E-state index in [4.69, 9.17) is 9.84 Å². The van der Waals surface area contributed by atoms with E-state index in [0.717, 1.165) is 25.7 Å². The summed E-state index contributed by atoms with van der Waals surface area (Å²) in [6.07, 6.45) is 63.0. The standard InChI is InChI=1S/C50H96O4/c1-2-54-50(53)48-46-44-42-40-38-36-34-32-30-28-26-24-22-20-18-16-14-12-10-8-6-4-3-5-7-9-11-13-15-17-19-21-23-25-27-29-31-33-35-37-39-41-43-45-47-49(51)52/h2H,1,3-48H2,(H,51,52). The summed E-state index contributed by atoms with van der Waals surface area (Å²) >= 11 is 0. The number of carboxylic acid groups (broad SMARTS) is 1. The van der Waals surface area contributed by atoms with Gasteiger partial charge in [0.1, 0.15) is 0 Å². The summed E-state index contributed by atoms with van der Waals surface area (Å²) in [4.78, 5) is 21.8.